The third-order valence-electron chi connectivity index (χ3n) is 9.01. The lowest BCUT2D eigenvalue weighted by Gasteiger charge is -2.30. The van der Waals surface area contributed by atoms with Crippen LogP contribution < -0.4 is 32.3 Å². The smallest absolute Gasteiger partial charge is 0.278 e. The lowest BCUT2D eigenvalue weighted by atomic mass is 9.80. The molecule has 7 heteroatoms. The number of hydrogen-bond acceptors (Lipinski definition) is 3. The number of halogens is 1. The third kappa shape index (κ3) is 6.74. The molecule has 6 rings (SSSR count). The predicted molar refractivity (Wildman–Crippen MR) is 186 cm³/mol. The number of para-hydroxylation sites is 1. The van der Waals surface area contributed by atoms with Crippen molar-refractivity contribution in [3.05, 3.63) is 183 Å². The molecule has 6 nitrogen and oxygen atoms in total. The molecule has 2 atom stereocenters. The molecule has 0 spiro atoms. The lowest BCUT2D eigenvalue weighted by molar-refractivity contribution is -0.825. The Morgan fingerprint density at radius 1 is 0.723 bits per heavy atom. The van der Waals surface area contributed by atoms with Crippen LogP contribution in [0, 0.1) is 6.92 Å². The Kier molecular flexibility index (Phi) is 10.3. The number of anilines is 1. The van der Waals surface area contributed by atoms with Crippen molar-refractivity contribution in [2.45, 2.75) is 25.6 Å². The zero-order valence-electron chi connectivity index (χ0n) is 27.3. The van der Waals surface area contributed by atoms with Crippen LogP contribution >= 0.6 is 0 Å². The van der Waals surface area contributed by atoms with Gasteiger partial charge in [-0.2, -0.15) is 0 Å². The van der Waals surface area contributed by atoms with Gasteiger partial charge in [-0.15, -0.1) is 0 Å². The molecular weight excluding hydrogens is 648 g/mol. The number of aromatic nitrogens is 2. The van der Waals surface area contributed by atoms with Gasteiger partial charge in [0.2, 0.25) is 0 Å². The largest absolute Gasteiger partial charge is 1.00 e. The van der Waals surface area contributed by atoms with Crippen molar-refractivity contribution < 1.29 is 27.0 Å². The van der Waals surface area contributed by atoms with Crippen LogP contribution in [0.2, 0.25) is 0 Å². The molecule has 0 fully saturated rings. The molecule has 5 aromatic carbocycles. The molecule has 0 amide bonds. The minimum atomic E-state index is -1.69. The van der Waals surface area contributed by atoms with Gasteiger partial charge in [-0.3, -0.25) is 9.48 Å². The molecule has 0 aliphatic carbocycles. The summed E-state index contributed by atoms with van der Waals surface area (Å²) in [6.07, 6.45) is 0. The molecule has 0 aliphatic heterocycles. The zero-order valence-corrected chi connectivity index (χ0v) is 28.9. The monoisotopic (exact) mass is 688 g/mol. The molecule has 0 saturated carbocycles. The molecule has 240 valence electrons. The van der Waals surface area contributed by atoms with Gasteiger partial charge in [-0.1, -0.05) is 91.0 Å². The van der Waals surface area contributed by atoms with E-state index in [1.807, 2.05) is 110 Å². The van der Waals surface area contributed by atoms with E-state index in [0.29, 0.717) is 22.4 Å². The third-order valence-corrected chi connectivity index (χ3v) is 9.01. The Morgan fingerprint density at radius 2 is 1.21 bits per heavy atom. The topological polar surface area (TPSA) is 54.8 Å². The number of rotatable bonds is 10. The summed E-state index contributed by atoms with van der Waals surface area (Å²) in [5.41, 5.74) is 5.67. The minimum absolute atomic E-state index is 0. The predicted octanol–water partition coefficient (Wildman–Crippen LogP) is 2.76. The van der Waals surface area contributed by atoms with Crippen LogP contribution in [0.15, 0.2) is 144 Å². The van der Waals surface area contributed by atoms with Crippen LogP contribution in [0.3, 0.4) is 0 Å². The fraction of sp³-hybridized carbons (Fsp3) is 0.175. The summed E-state index contributed by atoms with van der Waals surface area (Å²) in [5.74, 6) is 0. The minimum Gasteiger partial charge on any atom is -1.00 e. The van der Waals surface area contributed by atoms with Crippen molar-refractivity contribution in [3.63, 3.8) is 0 Å². The standard InChI is InChI=1S/C40H40N4O2.BrH/c1-30-38(39(45)44(43(30)4)37-18-12-7-13-19-37)40(46,33-20-24-35(25-21-33)41(2)28-31-14-8-5-9-15-31)34-22-26-36(27-23-34)42(3)29-32-16-10-6-11-17-32;/h5-27,46H,28-29H2,1-4H3;1H. The summed E-state index contributed by atoms with van der Waals surface area (Å²) in [4.78, 5) is 17.7. The fourth-order valence-corrected chi connectivity index (χ4v) is 6.35. The van der Waals surface area contributed by atoms with Gasteiger partial charge in [0.1, 0.15) is 17.8 Å². The molecule has 0 bridgehead atoms. The van der Waals surface area contributed by atoms with Crippen LogP contribution in [-0.2, 0) is 25.7 Å². The van der Waals surface area contributed by atoms with Gasteiger partial charge in [0.15, 0.2) is 0 Å². The Labute approximate surface area is 287 Å². The molecule has 47 heavy (non-hydrogen) atoms. The Balaban J connectivity index is 0.00000433. The van der Waals surface area contributed by atoms with Gasteiger partial charge < -0.3 is 31.9 Å². The number of nitrogens with one attached hydrogen (secondary N) is 1. The van der Waals surface area contributed by atoms with Gasteiger partial charge >= 0.3 is 0 Å². The Bertz CT molecular complexity index is 1860. The Morgan fingerprint density at radius 3 is 1.77 bits per heavy atom. The SMILES string of the molecule is Cc1c(C(O)(c2ccc(N(C)Cc3ccccc3)cc2)c2ccc([NH+](C)Cc3ccccc3)cc2)c(=O)n(-c2ccccc2)n1C.[Br-]. The second kappa shape index (κ2) is 14.4. The fourth-order valence-electron chi connectivity index (χ4n) is 6.35. The molecular formula is C40H41BrN4O2. The average Bonchev–Trinajstić information content (AvgIpc) is 3.32. The summed E-state index contributed by atoms with van der Waals surface area (Å²) in [6, 6.07) is 46.2. The molecule has 6 aromatic rings. The molecule has 2 N–H and O–H groups in total. The van der Waals surface area contributed by atoms with Crippen molar-refractivity contribution in [1.82, 2.24) is 9.36 Å². The number of nitrogens with zero attached hydrogens (tertiary/aromatic N) is 3. The first-order valence-electron chi connectivity index (χ1n) is 15.7. The maximum absolute atomic E-state index is 14.3. The maximum atomic E-state index is 14.3. The number of quaternary nitrogens is 1. The van der Waals surface area contributed by atoms with Crippen molar-refractivity contribution in [1.29, 1.82) is 0 Å². The first kappa shape index (κ1) is 33.7. The summed E-state index contributed by atoms with van der Waals surface area (Å²) in [6.45, 7) is 3.49. The van der Waals surface area contributed by atoms with E-state index in [2.05, 4.69) is 67.5 Å². The highest BCUT2D eigenvalue weighted by atomic mass is 79.9. The highest BCUT2D eigenvalue weighted by Crippen LogP contribution is 2.38. The molecule has 1 aromatic heterocycles. The van der Waals surface area contributed by atoms with Crippen LogP contribution in [0.4, 0.5) is 11.4 Å². The Hall–Kier alpha value is -4.69. The summed E-state index contributed by atoms with van der Waals surface area (Å²) >= 11 is 0. The van der Waals surface area contributed by atoms with E-state index in [1.54, 1.807) is 4.68 Å². The van der Waals surface area contributed by atoms with Crippen LogP contribution in [0.25, 0.3) is 5.69 Å². The highest BCUT2D eigenvalue weighted by molar-refractivity contribution is 5.55. The maximum Gasteiger partial charge on any atom is 0.278 e. The average molecular weight is 690 g/mol. The number of benzene rings is 5. The summed E-state index contributed by atoms with van der Waals surface area (Å²) in [5, 5.41) is 13.0. The van der Waals surface area contributed by atoms with Crippen molar-refractivity contribution in [2.75, 3.05) is 19.0 Å². The van der Waals surface area contributed by atoms with E-state index in [1.165, 1.54) is 16.0 Å². The van der Waals surface area contributed by atoms with Gasteiger partial charge in [-0.25, -0.2) is 4.68 Å². The number of hydrogen-bond donors (Lipinski definition) is 2. The summed E-state index contributed by atoms with van der Waals surface area (Å²) < 4.78 is 3.45. The van der Waals surface area contributed by atoms with E-state index in [0.717, 1.165) is 30.2 Å². The first-order chi connectivity index (χ1) is 22.3. The molecule has 0 radical (unpaired) electrons. The van der Waals surface area contributed by atoms with Gasteiger partial charge in [0, 0.05) is 37.6 Å². The van der Waals surface area contributed by atoms with Gasteiger partial charge in [-0.05, 0) is 72.1 Å². The molecule has 2 unspecified atom stereocenters. The van der Waals surface area contributed by atoms with Crippen LogP contribution in [0.5, 0.6) is 0 Å². The molecule has 0 aliphatic rings. The van der Waals surface area contributed by atoms with E-state index in [-0.39, 0.29) is 22.5 Å². The van der Waals surface area contributed by atoms with E-state index >= 15 is 0 Å². The normalized spacial score (nSPS) is 13.0. The number of aliphatic hydroxyl groups is 1. The van der Waals surface area contributed by atoms with Crippen LogP contribution in [0.1, 0.15) is 33.5 Å². The highest BCUT2D eigenvalue weighted by Gasteiger charge is 2.40. The van der Waals surface area contributed by atoms with E-state index in [9.17, 15) is 9.90 Å². The van der Waals surface area contributed by atoms with Gasteiger partial charge in [0.05, 0.1) is 18.3 Å². The van der Waals surface area contributed by atoms with Crippen molar-refractivity contribution in [3.8, 4) is 5.69 Å². The molecule has 0 saturated heterocycles. The lowest BCUT2D eigenvalue weighted by Crippen LogP contribution is -3.02. The summed E-state index contributed by atoms with van der Waals surface area (Å²) in [7, 11) is 6.06. The van der Waals surface area contributed by atoms with Crippen molar-refractivity contribution >= 4 is 11.4 Å². The van der Waals surface area contributed by atoms with Crippen LogP contribution in [-0.4, -0.2) is 28.6 Å². The second-order valence-corrected chi connectivity index (χ2v) is 12.1. The first-order valence-corrected chi connectivity index (χ1v) is 15.7. The van der Waals surface area contributed by atoms with Gasteiger partial charge in [0.25, 0.3) is 5.56 Å². The second-order valence-electron chi connectivity index (χ2n) is 12.1. The van der Waals surface area contributed by atoms with Crippen molar-refractivity contribution in [2.24, 2.45) is 7.05 Å². The molecule has 1 heterocycles. The quantitative estimate of drug-likeness (QED) is 0.233. The zero-order chi connectivity index (χ0) is 32.3. The van der Waals surface area contributed by atoms with E-state index < -0.39 is 5.60 Å². The van der Waals surface area contributed by atoms with E-state index in [4.69, 9.17) is 0 Å².